The summed E-state index contributed by atoms with van der Waals surface area (Å²) >= 11 is 0. The molecule has 1 aromatic carbocycles. The number of carboxylic acids is 1. The van der Waals surface area contributed by atoms with Gasteiger partial charge in [-0.2, -0.15) is 5.10 Å². The molecule has 0 saturated heterocycles. The molecule has 3 N–H and O–H groups in total. The lowest BCUT2D eigenvalue weighted by atomic mass is 10.1. The molecule has 0 aliphatic heterocycles. The molecule has 21 heavy (non-hydrogen) atoms. The van der Waals surface area contributed by atoms with Crippen LogP contribution in [-0.4, -0.2) is 26.9 Å². The first-order valence-electron chi connectivity index (χ1n) is 6.33. The minimum absolute atomic E-state index is 0.166. The number of hydrogen-bond donors (Lipinski definition) is 3. The SMILES string of the molecule is Cc1ccc(NC(=O)NCc2ccnn2C)cc1C(=O)O. The van der Waals surface area contributed by atoms with E-state index in [9.17, 15) is 9.59 Å². The predicted molar refractivity (Wildman–Crippen MR) is 77.2 cm³/mol. The van der Waals surface area contributed by atoms with E-state index in [1.807, 2.05) is 0 Å². The number of carbonyl (C=O) groups is 2. The highest BCUT2D eigenvalue weighted by Gasteiger charge is 2.09. The molecule has 0 atom stereocenters. The van der Waals surface area contributed by atoms with E-state index >= 15 is 0 Å². The number of carboxylic acid groups (broad SMARTS) is 1. The number of carbonyl (C=O) groups excluding carboxylic acids is 1. The standard InChI is InChI=1S/C14H16N4O3/c1-9-3-4-10(7-12(9)13(19)20)17-14(21)15-8-11-5-6-16-18(11)2/h3-7H,8H2,1-2H3,(H,19,20)(H2,15,17,21). The van der Waals surface area contributed by atoms with Gasteiger partial charge in [0.15, 0.2) is 0 Å². The monoisotopic (exact) mass is 288 g/mol. The zero-order valence-electron chi connectivity index (χ0n) is 11.8. The molecule has 2 aromatic rings. The maximum Gasteiger partial charge on any atom is 0.336 e. The Morgan fingerprint density at radius 2 is 2.10 bits per heavy atom. The van der Waals surface area contributed by atoms with Crippen LogP contribution in [0.15, 0.2) is 30.5 Å². The highest BCUT2D eigenvalue weighted by atomic mass is 16.4. The maximum atomic E-state index is 11.8. The van der Waals surface area contributed by atoms with Gasteiger partial charge in [0.1, 0.15) is 0 Å². The van der Waals surface area contributed by atoms with Crippen molar-refractivity contribution < 1.29 is 14.7 Å². The summed E-state index contributed by atoms with van der Waals surface area (Å²) in [6.07, 6.45) is 1.65. The molecule has 0 aliphatic carbocycles. The van der Waals surface area contributed by atoms with Crippen molar-refractivity contribution in [3.05, 3.63) is 47.3 Å². The number of amides is 2. The van der Waals surface area contributed by atoms with Crippen LogP contribution in [0.5, 0.6) is 0 Å². The molecular formula is C14H16N4O3. The molecule has 2 amide bonds. The van der Waals surface area contributed by atoms with E-state index in [2.05, 4.69) is 15.7 Å². The minimum Gasteiger partial charge on any atom is -0.478 e. The summed E-state index contributed by atoms with van der Waals surface area (Å²) in [5, 5.41) is 18.3. The van der Waals surface area contributed by atoms with Crippen molar-refractivity contribution in [1.29, 1.82) is 0 Å². The van der Waals surface area contributed by atoms with E-state index in [-0.39, 0.29) is 5.56 Å². The number of urea groups is 1. The van der Waals surface area contributed by atoms with Crippen molar-refractivity contribution in [2.24, 2.45) is 7.05 Å². The third-order valence-electron chi connectivity index (χ3n) is 3.08. The lowest BCUT2D eigenvalue weighted by Crippen LogP contribution is -2.29. The number of aromatic nitrogens is 2. The average Bonchev–Trinajstić information content (AvgIpc) is 2.84. The quantitative estimate of drug-likeness (QED) is 0.798. The third kappa shape index (κ3) is 3.59. The Hall–Kier alpha value is -2.83. The summed E-state index contributed by atoms with van der Waals surface area (Å²) in [5.41, 5.74) is 2.10. The highest BCUT2D eigenvalue weighted by Crippen LogP contribution is 2.15. The first-order chi connectivity index (χ1) is 9.97. The summed E-state index contributed by atoms with van der Waals surface area (Å²) in [4.78, 5) is 22.8. The fraction of sp³-hybridized carbons (Fsp3) is 0.214. The van der Waals surface area contributed by atoms with Crippen molar-refractivity contribution in [1.82, 2.24) is 15.1 Å². The molecule has 0 saturated carbocycles. The number of anilines is 1. The lowest BCUT2D eigenvalue weighted by molar-refractivity contribution is 0.0696. The molecule has 0 fully saturated rings. The molecule has 7 heteroatoms. The van der Waals surface area contributed by atoms with Gasteiger partial charge in [0.05, 0.1) is 17.8 Å². The summed E-state index contributed by atoms with van der Waals surface area (Å²) < 4.78 is 1.66. The molecule has 1 aromatic heterocycles. The Morgan fingerprint density at radius 3 is 2.71 bits per heavy atom. The normalized spacial score (nSPS) is 10.2. The van der Waals surface area contributed by atoms with E-state index in [0.29, 0.717) is 17.8 Å². The van der Waals surface area contributed by atoms with Gasteiger partial charge in [-0.1, -0.05) is 6.07 Å². The number of aromatic carboxylic acids is 1. The fourth-order valence-corrected chi connectivity index (χ4v) is 1.85. The second kappa shape index (κ2) is 6.08. The second-order valence-corrected chi connectivity index (χ2v) is 4.59. The predicted octanol–water partition coefficient (Wildman–Crippen LogP) is 1.75. The van der Waals surface area contributed by atoms with Crippen LogP contribution >= 0.6 is 0 Å². The summed E-state index contributed by atoms with van der Waals surface area (Å²) in [7, 11) is 1.79. The molecule has 2 rings (SSSR count). The number of benzene rings is 1. The Morgan fingerprint density at radius 1 is 1.33 bits per heavy atom. The van der Waals surface area contributed by atoms with Crippen molar-refractivity contribution in [2.75, 3.05) is 5.32 Å². The van der Waals surface area contributed by atoms with Gasteiger partial charge in [-0.25, -0.2) is 9.59 Å². The van der Waals surface area contributed by atoms with Crippen molar-refractivity contribution >= 4 is 17.7 Å². The Balaban J connectivity index is 1.98. The first kappa shape index (κ1) is 14.6. The van der Waals surface area contributed by atoms with Gasteiger partial charge in [0, 0.05) is 18.9 Å². The van der Waals surface area contributed by atoms with E-state index < -0.39 is 12.0 Å². The fourth-order valence-electron chi connectivity index (χ4n) is 1.85. The Kier molecular flexibility index (Phi) is 4.22. The van der Waals surface area contributed by atoms with Crippen LogP contribution in [-0.2, 0) is 13.6 Å². The van der Waals surface area contributed by atoms with Gasteiger partial charge in [-0.05, 0) is 30.7 Å². The Bertz CT molecular complexity index is 679. The van der Waals surface area contributed by atoms with Crippen molar-refractivity contribution in [3.8, 4) is 0 Å². The van der Waals surface area contributed by atoms with Crippen molar-refractivity contribution in [3.63, 3.8) is 0 Å². The van der Waals surface area contributed by atoms with Crippen LogP contribution in [0.4, 0.5) is 10.5 Å². The number of hydrogen-bond acceptors (Lipinski definition) is 3. The number of rotatable bonds is 4. The van der Waals surface area contributed by atoms with Gasteiger partial charge in [-0.3, -0.25) is 4.68 Å². The van der Waals surface area contributed by atoms with Crippen molar-refractivity contribution in [2.45, 2.75) is 13.5 Å². The molecule has 0 bridgehead atoms. The zero-order chi connectivity index (χ0) is 15.4. The topological polar surface area (TPSA) is 96.3 Å². The largest absolute Gasteiger partial charge is 0.478 e. The van der Waals surface area contributed by atoms with Gasteiger partial charge in [-0.15, -0.1) is 0 Å². The zero-order valence-corrected chi connectivity index (χ0v) is 11.8. The first-order valence-corrected chi connectivity index (χ1v) is 6.33. The Labute approximate surface area is 121 Å². The van der Waals surface area contributed by atoms with Gasteiger partial charge in [0.25, 0.3) is 0 Å². The number of aryl methyl sites for hydroxylation is 2. The van der Waals surface area contributed by atoms with E-state index in [1.54, 1.807) is 43.0 Å². The van der Waals surface area contributed by atoms with Crippen LogP contribution in [0.2, 0.25) is 0 Å². The number of nitrogens with one attached hydrogen (secondary N) is 2. The van der Waals surface area contributed by atoms with Crippen LogP contribution in [0.1, 0.15) is 21.6 Å². The minimum atomic E-state index is -1.02. The lowest BCUT2D eigenvalue weighted by Gasteiger charge is -2.09. The molecule has 0 spiro atoms. The molecule has 1 heterocycles. The maximum absolute atomic E-state index is 11.8. The molecule has 7 nitrogen and oxygen atoms in total. The summed E-state index contributed by atoms with van der Waals surface area (Å²) in [5.74, 6) is -1.02. The van der Waals surface area contributed by atoms with E-state index in [4.69, 9.17) is 5.11 Å². The van der Waals surface area contributed by atoms with Crippen LogP contribution < -0.4 is 10.6 Å². The van der Waals surface area contributed by atoms with E-state index in [1.165, 1.54) is 6.07 Å². The molecule has 0 aliphatic rings. The van der Waals surface area contributed by atoms with Gasteiger partial charge in [0.2, 0.25) is 0 Å². The summed E-state index contributed by atoms with van der Waals surface area (Å²) in [6.45, 7) is 2.04. The average molecular weight is 288 g/mol. The third-order valence-corrected chi connectivity index (χ3v) is 3.08. The van der Waals surface area contributed by atoms with Crippen LogP contribution in [0.25, 0.3) is 0 Å². The molecule has 0 radical (unpaired) electrons. The molecular weight excluding hydrogens is 272 g/mol. The summed E-state index contributed by atoms with van der Waals surface area (Å²) in [6, 6.07) is 6.14. The molecule has 110 valence electrons. The van der Waals surface area contributed by atoms with Crippen LogP contribution in [0, 0.1) is 6.92 Å². The van der Waals surface area contributed by atoms with Gasteiger partial charge < -0.3 is 15.7 Å². The van der Waals surface area contributed by atoms with E-state index in [0.717, 1.165) is 5.69 Å². The highest BCUT2D eigenvalue weighted by molar-refractivity contribution is 5.94. The van der Waals surface area contributed by atoms with Gasteiger partial charge >= 0.3 is 12.0 Å². The van der Waals surface area contributed by atoms with Crippen LogP contribution in [0.3, 0.4) is 0 Å². The molecule has 0 unspecified atom stereocenters. The smallest absolute Gasteiger partial charge is 0.336 e. The second-order valence-electron chi connectivity index (χ2n) is 4.59. The number of nitrogens with zero attached hydrogens (tertiary/aromatic N) is 2.